The molecule has 0 unspecified atom stereocenters. The van der Waals surface area contributed by atoms with Crippen molar-refractivity contribution in [1.29, 1.82) is 0 Å². The minimum absolute atomic E-state index is 0.0719. The smallest absolute Gasteiger partial charge is 0.419 e. The maximum Gasteiger partial charge on any atom is 0.419 e. The summed E-state index contributed by atoms with van der Waals surface area (Å²) >= 11 is 0. The van der Waals surface area contributed by atoms with E-state index in [9.17, 15) is 9.59 Å². The van der Waals surface area contributed by atoms with Gasteiger partial charge in [-0.1, -0.05) is 97.1 Å². The summed E-state index contributed by atoms with van der Waals surface area (Å²) in [6.07, 6.45) is 0.0607. The highest BCUT2D eigenvalue weighted by Gasteiger charge is 2.32. The lowest BCUT2D eigenvalue weighted by Crippen LogP contribution is -2.38. The number of hydrogen-bond donors (Lipinski definition) is 0. The van der Waals surface area contributed by atoms with Crippen LogP contribution in [-0.2, 0) is 9.47 Å². The molecule has 0 bridgehead atoms. The second kappa shape index (κ2) is 10.2. The largest absolute Gasteiger partial charge is 0.452 e. The third kappa shape index (κ3) is 4.14. The molecule has 0 spiro atoms. The van der Waals surface area contributed by atoms with Crippen molar-refractivity contribution in [3.05, 3.63) is 119 Å². The van der Waals surface area contributed by atoms with Crippen LogP contribution in [0.1, 0.15) is 46.9 Å². The summed E-state index contributed by atoms with van der Waals surface area (Å²) < 4.78 is 10.7. The Morgan fingerprint density at radius 2 is 1.05 bits per heavy atom. The number of amides is 2. The van der Waals surface area contributed by atoms with Crippen LogP contribution < -0.4 is 0 Å². The van der Waals surface area contributed by atoms with Gasteiger partial charge < -0.3 is 9.47 Å². The fraction of sp³-hybridized carbons (Fsp3) is 0.212. The van der Waals surface area contributed by atoms with Crippen molar-refractivity contribution in [2.24, 2.45) is 0 Å². The van der Waals surface area contributed by atoms with Crippen LogP contribution in [0.4, 0.5) is 9.59 Å². The zero-order valence-electron chi connectivity index (χ0n) is 21.3. The number of hydrogen-bond acceptors (Lipinski definition) is 4. The number of fused-ring (bicyclic) bond motifs is 6. The highest BCUT2D eigenvalue weighted by Crippen LogP contribution is 2.47. The second-order valence-electron chi connectivity index (χ2n) is 9.79. The van der Waals surface area contributed by atoms with E-state index < -0.39 is 12.2 Å². The van der Waals surface area contributed by atoms with Gasteiger partial charge in [0.1, 0.15) is 6.61 Å². The van der Waals surface area contributed by atoms with Crippen molar-refractivity contribution in [3.8, 4) is 22.3 Å². The van der Waals surface area contributed by atoms with Gasteiger partial charge in [-0.15, -0.1) is 0 Å². The molecule has 6 rings (SSSR count). The van der Waals surface area contributed by atoms with Crippen LogP contribution >= 0.6 is 0 Å². The van der Waals surface area contributed by atoms with Crippen molar-refractivity contribution in [3.63, 3.8) is 0 Å². The van der Waals surface area contributed by atoms with E-state index in [1.54, 1.807) is 0 Å². The third-order valence-electron chi connectivity index (χ3n) is 7.79. The fourth-order valence-corrected chi connectivity index (χ4v) is 6.06. The molecule has 0 saturated carbocycles. The van der Waals surface area contributed by atoms with Gasteiger partial charge in [-0.05, 0) is 57.3 Å². The molecule has 2 aliphatic rings. The Morgan fingerprint density at radius 1 is 0.632 bits per heavy atom. The summed E-state index contributed by atoms with van der Waals surface area (Å²) in [5.41, 5.74) is 9.68. The lowest BCUT2D eigenvalue weighted by molar-refractivity contribution is 0.0839. The molecule has 0 aliphatic heterocycles. The molecular weight excluding hydrogens is 474 g/mol. The molecule has 5 nitrogen and oxygen atoms in total. The van der Waals surface area contributed by atoms with Crippen LogP contribution in [0.5, 0.6) is 0 Å². The summed E-state index contributed by atoms with van der Waals surface area (Å²) in [4.78, 5) is 26.8. The highest BCUT2D eigenvalue weighted by molar-refractivity contribution is 5.88. The molecule has 4 aromatic carbocycles. The number of methoxy groups -OCH3 is 1. The second-order valence-corrected chi connectivity index (χ2v) is 9.79. The first-order valence-corrected chi connectivity index (χ1v) is 13.1. The van der Waals surface area contributed by atoms with Crippen LogP contribution in [0, 0.1) is 0 Å². The SMILES string of the molecule is COC(=O)N(CCCC1c2ccccc2-c2ccccc21)C(=O)OCC1c2ccccc2-c2ccccc21. The van der Waals surface area contributed by atoms with E-state index in [1.165, 1.54) is 29.4 Å². The Kier molecular flexibility index (Phi) is 6.42. The first kappa shape index (κ1) is 24.0. The zero-order chi connectivity index (χ0) is 26.1. The van der Waals surface area contributed by atoms with Gasteiger partial charge in [0.05, 0.1) is 7.11 Å². The Morgan fingerprint density at radius 3 is 1.50 bits per heavy atom. The average Bonchev–Trinajstić information content (AvgIpc) is 3.46. The van der Waals surface area contributed by atoms with E-state index >= 15 is 0 Å². The lowest BCUT2D eigenvalue weighted by atomic mass is 9.92. The van der Waals surface area contributed by atoms with E-state index in [1.807, 2.05) is 24.3 Å². The molecular formula is C33H29NO4. The van der Waals surface area contributed by atoms with E-state index in [0.29, 0.717) is 6.42 Å². The minimum atomic E-state index is -0.700. The number of carbonyl (C=O) groups is 2. The predicted octanol–water partition coefficient (Wildman–Crippen LogP) is 7.60. The first-order chi connectivity index (χ1) is 18.7. The average molecular weight is 504 g/mol. The van der Waals surface area contributed by atoms with Gasteiger partial charge in [0, 0.05) is 18.4 Å². The summed E-state index contributed by atoms with van der Waals surface area (Å²) in [5, 5.41) is 0. The number of rotatable bonds is 6. The van der Waals surface area contributed by atoms with Crippen LogP contribution in [0.2, 0.25) is 0 Å². The standard InChI is InChI=1S/C33H29NO4/c1-37-32(35)34(20-10-19-28-24-13-4-2-11-22(24)23-12-3-5-14-25(23)28)33(36)38-21-31-29-17-8-6-15-26(29)27-16-7-9-18-30(27)31/h2-9,11-18,28,31H,10,19-21H2,1H3. The molecule has 2 aliphatic carbocycles. The van der Waals surface area contributed by atoms with Crippen molar-refractivity contribution in [2.45, 2.75) is 24.7 Å². The van der Waals surface area contributed by atoms with Crippen LogP contribution in [0.3, 0.4) is 0 Å². The van der Waals surface area contributed by atoms with Crippen LogP contribution in [-0.4, -0.2) is 37.3 Å². The molecule has 190 valence electrons. The topological polar surface area (TPSA) is 55.8 Å². The molecule has 0 aromatic heterocycles. The molecule has 0 saturated heterocycles. The van der Waals surface area contributed by atoms with Crippen molar-refractivity contribution in [1.82, 2.24) is 4.90 Å². The lowest BCUT2D eigenvalue weighted by Gasteiger charge is -2.22. The van der Waals surface area contributed by atoms with Crippen LogP contribution in [0.25, 0.3) is 22.3 Å². The number of ether oxygens (including phenoxy) is 2. The summed E-state index contributed by atoms with van der Waals surface area (Å²) in [6.45, 7) is 0.383. The van der Waals surface area contributed by atoms with Crippen molar-refractivity contribution < 1.29 is 19.1 Å². The minimum Gasteiger partial charge on any atom is -0.452 e. The Bertz CT molecular complexity index is 1420. The van der Waals surface area contributed by atoms with Gasteiger partial charge in [-0.2, -0.15) is 0 Å². The number of benzene rings is 4. The Hall–Kier alpha value is -4.38. The van der Waals surface area contributed by atoms with E-state index in [-0.39, 0.29) is 25.0 Å². The van der Waals surface area contributed by atoms with Gasteiger partial charge in [-0.3, -0.25) is 0 Å². The summed E-state index contributed by atoms with van der Waals surface area (Å²) in [5.74, 6) is 0.154. The van der Waals surface area contributed by atoms with Gasteiger partial charge in [-0.25, -0.2) is 14.5 Å². The molecule has 0 N–H and O–H groups in total. The molecule has 0 heterocycles. The molecule has 0 atom stereocenters. The summed E-state index contributed by atoms with van der Waals surface area (Å²) in [7, 11) is 1.29. The van der Waals surface area contributed by atoms with E-state index in [0.717, 1.165) is 33.6 Å². The van der Waals surface area contributed by atoms with Gasteiger partial charge in [0.25, 0.3) is 0 Å². The number of imide groups is 1. The predicted molar refractivity (Wildman–Crippen MR) is 147 cm³/mol. The Balaban J connectivity index is 1.14. The van der Waals surface area contributed by atoms with Crippen molar-refractivity contribution in [2.75, 3.05) is 20.3 Å². The molecule has 5 heteroatoms. The first-order valence-electron chi connectivity index (χ1n) is 13.1. The van der Waals surface area contributed by atoms with Crippen LogP contribution in [0.15, 0.2) is 97.1 Å². The molecule has 2 amide bonds. The normalized spacial score (nSPS) is 13.3. The molecule has 0 radical (unpaired) electrons. The zero-order valence-corrected chi connectivity index (χ0v) is 21.3. The maximum atomic E-state index is 13.2. The van der Waals surface area contributed by atoms with E-state index in [2.05, 4.69) is 72.8 Å². The van der Waals surface area contributed by atoms with Gasteiger partial charge in [0.15, 0.2) is 0 Å². The Labute approximate surface area is 222 Å². The number of nitrogens with zero attached hydrogens (tertiary/aromatic N) is 1. The highest BCUT2D eigenvalue weighted by atomic mass is 16.6. The van der Waals surface area contributed by atoms with Gasteiger partial charge in [0.2, 0.25) is 0 Å². The molecule has 0 fully saturated rings. The molecule has 38 heavy (non-hydrogen) atoms. The van der Waals surface area contributed by atoms with E-state index in [4.69, 9.17) is 9.47 Å². The maximum absolute atomic E-state index is 13.2. The fourth-order valence-electron chi connectivity index (χ4n) is 6.06. The van der Waals surface area contributed by atoms with Crippen molar-refractivity contribution >= 4 is 12.2 Å². The summed E-state index contributed by atoms with van der Waals surface area (Å²) in [6, 6.07) is 33.3. The monoisotopic (exact) mass is 503 g/mol. The number of carbonyl (C=O) groups excluding carboxylic acids is 2. The quantitative estimate of drug-likeness (QED) is 0.272. The third-order valence-corrected chi connectivity index (χ3v) is 7.79. The molecule has 4 aromatic rings. The van der Waals surface area contributed by atoms with Gasteiger partial charge >= 0.3 is 12.2 Å².